The van der Waals surface area contributed by atoms with Gasteiger partial charge in [0.2, 0.25) is 0 Å². The van der Waals surface area contributed by atoms with Gasteiger partial charge >= 0.3 is 6.03 Å². The maximum Gasteiger partial charge on any atom is 0.323 e. The molecule has 0 aliphatic rings. The molecule has 0 saturated carbocycles. The Labute approximate surface area is 129 Å². The van der Waals surface area contributed by atoms with E-state index in [0.717, 1.165) is 16.6 Å². The maximum atomic E-state index is 12.0. The number of amides is 2. The molecular formula is C17H18N4O. The lowest BCUT2D eigenvalue weighted by Crippen LogP contribution is -2.19. The van der Waals surface area contributed by atoms with E-state index in [1.807, 2.05) is 25.2 Å². The Morgan fingerprint density at radius 3 is 2.64 bits per heavy atom. The van der Waals surface area contributed by atoms with E-state index in [0.29, 0.717) is 5.69 Å². The summed E-state index contributed by atoms with van der Waals surface area (Å²) in [5, 5.41) is 6.76. The van der Waals surface area contributed by atoms with Crippen molar-refractivity contribution in [2.75, 3.05) is 10.6 Å². The van der Waals surface area contributed by atoms with Gasteiger partial charge in [0.15, 0.2) is 0 Å². The molecule has 3 aromatic rings. The Bertz CT molecular complexity index is 837. The monoisotopic (exact) mass is 294 g/mol. The van der Waals surface area contributed by atoms with Crippen molar-refractivity contribution in [3.63, 3.8) is 0 Å². The number of pyridine rings is 1. The van der Waals surface area contributed by atoms with Crippen molar-refractivity contribution < 1.29 is 4.79 Å². The second-order valence-electron chi connectivity index (χ2n) is 5.32. The summed E-state index contributed by atoms with van der Waals surface area (Å²) < 4.78 is 2.16. The molecule has 0 atom stereocenters. The number of anilines is 2. The third kappa shape index (κ3) is 2.53. The summed E-state index contributed by atoms with van der Waals surface area (Å²) in [7, 11) is 2.05. The van der Waals surface area contributed by atoms with Gasteiger partial charge in [0.1, 0.15) is 0 Å². The minimum absolute atomic E-state index is 0.280. The molecular weight excluding hydrogens is 276 g/mol. The number of aromatic nitrogens is 2. The molecule has 2 amide bonds. The van der Waals surface area contributed by atoms with Crippen LogP contribution in [0.4, 0.5) is 16.2 Å². The van der Waals surface area contributed by atoms with Gasteiger partial charge in [-0.15, -0.1) is 0 Å². The summed E-state index contributed by atoms with van der Waals surface area (Å²) in [6.45, 7) is 4.19. The molecule has 22 heavy (non-hydrogen) atoms. The number of carbonyl (C=O) groups excluding carboxylic acids is 1. The van der Waals surface area contributed by atoms with E-state index >= 15 is 0 Å². The van der Waals surface area contributed by atoms with Gasteiger partial charge in [0.05, 0.1) is 11.9 Å². The van der Waals surface area contributed by atoms with Gasteiger partial charge in [-0.1, -0.05) is 0 Å². The van der Waals surface area contributed by atoms with Gasteiger partial charge in [0, 0.05) is 35.5 Å². The second kappa shape index (κ2) is 5.52. The molecule has 0 aliphatic carbocycles. The van der Waals surface area contributed by atoms with Gasteiger partial charge in [-0.3, -0.25) is 4.98 Å². The Balaban J connectivity index is 1.82. The van der Waals surface area contributed by atoms with E-state index in [-0.39, 0.29) is 6.03 Å². The number of urea groups is 1. The normalized spacial score (nSPS) is 10.7. The highest BCUT2D eigenvalue weighted by Crippen LogP contribution is 2.26. The summed E-state index contributed by atoms with van der Waals surface area (Å²) in [4.78, 5) is 16.0. The Morgan fingerprint density at radius 1 is 1.14 bits per heavy atom. The number of rotatable bonds is 2. The van der Waals surface area contributed by atoms with Crippen molar-refractivity contribution in [2.45, 2.75) is 13.8 Å². The van der Waals surface area contributed by atoms with Gasteiger partial charge in [0.25, 0.3) is 0 Å². The van der Waals surface area contributed by atoms with Crippen LogP contribution < -0.4 is 10.6 Å². The lowest BCUT2D eigenvalue weighted by molar-refractivity contribution is 0.262. The third-order valence-corrected chi connectivity index (χ3v) is 3.99. The minimum atomic E-state index is -0.280. The first kappa shape index (κ1) is 14.1. The summed E-state index contributed by atoms with van der Waals surface area (Å²) >= 11 is 0. The zero-order chi connectivity index (χ0) is 15.7. The Kier molecular flexibility index (Phi) is 3.55. The lowest BCUT2D eigenvalue weighted by Gasteiger charge is -2.08. The van der Waals surface area contributed by atoms with Crippen LogP contribution in [0.25, 0.3) is 10.9 Å². The number of carbonyl (C=O) groups is 1. The summed E-state index contributed by atoms with van der Waals surface area (Å²) in [6, 6.07) is 9.22. The van der Waals surface area contributed by atoms with Crippen LogP contribution in [0.3, 0.4) is 0 Å². The number of fused-ring (bicyclic) bond motifs is 1. The molecule has 0 spiro atoms. The maximum absolute atomic E-state index is 12.0. The van der Waals surface area contributed by atoms with Gasteiger partial charge in [-0.05, 0) is 49.7 Å². The molecule has 1 aromatic carbocycles. The van der Waals surface area contributed by atoms with Crippen LogP contribution in [0.2, 0.25) is 0 Å². The molecule has 0 saturated heterocycles. The largest absolute Gasteiger partial charge is 0.348 e. The molecule has 2 N–H and O–H groups in total. The molecule has 2 aromatic heterocycles. The number of hydrogen-bond acceptors (Lipinski definition) is 2. The quantitative estimate of drug-likeness (QED) is 0.754. The number of aryl methyl sites for hydroxylation is 2. The number of hydrogen-bond donors (Lipinski definition) is 2. The first-order chi connectivity index (χ1) is 10.6. The number of benzene rings is 1. The fourth-order valence-electron chi connectivity index (χ4n) is 2.56. The lowest BCUT2D eigenvalue weighted by atomic mass is 10.1. The molecule has 3 rings (SSSR count). The topological polar surface area (TPSA) is 59.0 Å². The average Bonchev–Trinajstić information content (AvgIpc) is 2.73. The van der Waals surface area contributed by atoms with Crippen LogP contribution in [-0.4, -0.2) is 15.6 Å². The minimum Gasteiger partial charge on any atom is -0.348 e. The number of nitrogens with zero attached hydrogens (tertiary/aromatic N) is 2. The van der Waals surface area contributed by atoms with Crippen LogP contribution in [-0.2, 0) is 7.05 Å². The Morgan fingerprint density at radius 2 is 1.91 bits per heavy atom. The van der Waals surface area contributed by atoms with Crippen molar-refractivity contribution in [2.24, 2.45) is 7.05 Å². The summed E-state index contributed by atoms with van der Waals surface area (Å²) in [6.07, 6.45) is 3.27. The second-order valence-corrected chi connectivity index (χ2v) is 5.32. The smallest absolute Gasteiger partial charge is 0.323 e. The molecule has 5 nitrogen and oxygen atoms in total. The Hall–Kier alpha value is -2.82. The van der Waals surface area contributed by atoms with Gasteiger partial charge < -0.3 is 15.2 Å². The fourth-order valence-corrected chi connectivity index (χ4v) is 2.56. The molecule has 0 aliphatic heterocycles. The van der Waals surface area contributed by atoms with Crippen molar-refractivity contribution >= 4 is 28.3 Å². The van der Waals surface area contributed by atoms with Crippen LogP contribution in [0.15, 0.2) is 42.7 Å². The molecule has 0 unspecified atom stereocenters. The first-order valence-corrected chi connectivity index (χ1v) is 7.10. The zero-order valence-corrected chi connectivity index (χ0v) is 12.8. The van der Waals surface area contributed by atoms with E-state index in [4.69, 9.17) is 0 Å². The molecule has 5 heteroatoms. The van der Waals surface area contributed by atoms with E-state index in [9.17, 15) is 4.79 Å². The predicted octanol–water partition coefficient (Wildman–Crippen LogP) is 3.83. The molecule has 112 valence electrons. The highest BCUT2D eigenvalue weighted by atomic mass is 16.2. The third-order valence-electron chi connectivity index (χ3n) is 3.99. The predicted molar refractivity (Wildman–Crippen MR) is 89.3 cm³/mol. The standard InChI is InChI=1S/C17H18N4O/c1-11-12(2)21(3)16-7-6-13(9-15(11)16)19-17(22)20-14-5-4-8-18-10-14/h4-10H,1-3H3,(H2,19,20,22). The van der Waals surface area contributed by atoms with E-state index in [2.05, 4.69) is 34.0 Å². The van der Waals surface area contributed by atoms with E-state index in [1.165, 1.54) is 11.3 Å². The highest BCUT2D eigenvalue weighted by Gasteiger charge is 2.10. The van der Waals surface area contributed by atoms with Crippen molar-refractivity contribution in [3.05, 3.63) is 54.0 Å². The van der Waals surface area contributed by atoms with Crippen molar-refractivity contribution in [3.8, 4) is 0 Å². The highest BCUT2D eigenvalue weighted by molar-refractivity contribution is 6.01. The van der Waals surface area contributed by atoms with Crippen LogP contribution >= 0.6 is 0 Å². The zero-order valence-electron chi connectivity index (χ0n) is 12.8. The molecule has 0 fully saturated rings. The molecule has 0 bridgehead atoms. The first-order valence-electron chi connectivity index (χ1n) is 7.10. The van der Waals surface area contributed by atoms with Crippen LogP contribution in [0.1, 0.15) is 11.3 Å². The SMILES string of the molecule is Cc1c(C)n(C)c2ccc(NC(=O)Nc3cccnc3)cc12. The summed E-state index contributed by atoms with van der Waals surface area (Å²) in [5.41, 5.74) is 5.05. The summed E-state index contributed by atoms with van der Waals surface area (Å²) in [5.74, 6) is 0. The van der Waals surface area contributed by atoms with Crippen LogP contribution in [0, 0.1) is 13.8 Å². The van der Waals surface area contributed by atoms with E-state index in [1.54, 1.807) is 24.5 Å². The van der Waals surface area contributed by atoms with Crippen molar-refractivity contribution in [1.82, 2.24) is 9.55 Å². The van der Waals surface area contributed by atoms with Crippen molar-refractivity contribution in [1.29, 1.82) is 0 Å². The van der Waals surface area contributed by atoms with E-state index < -0.39 is 0 Å². The van der Waals surface area contributed by atoms with Gasteiger partial charge in [-0.2, -0.15) is 0 Å². The molecule has 2 heterocycles. The van der Waals surface area contributed by atoms with Gasteiger partial charge in [-0.25, -0.2) is 4.79 Å². The molecule has 0 radical (unpaired) electrons. The van der Waals surface area contributed by atoms with Crippen LogP contribution in [0.5, 0.6) is 0 Å². The number of nitrogens with one attached hydrogen (secondary N) is 2. The average molecular weight is 294 g/mol. The fraction of sp³-hybridized carbons (Fsp3) is 0.176.